The molecule has 0 bridgehead atoms. The molecule has 0 amide bonds. The Hall–Kier alpha value is -1.92. The molecule has 1 aromatic carbocycles. The largest absolute Gasteiger partial charge is 0.393 e. The number of hydrogen-bond acceptors (Lipinski definition) is 5. The Morgan fingerprint density at radius 3 is 2.62 bits per heavy atom. The Morgan fingerprint density at radius 2 is 2.05 bits per heavy atom. The third-order valence-electron chi connectivity index (χ3n) is 3.70. The molecule has 0 spiro atoms. The molecular weight excluding hydrogens is 286 g/mol. The number of nitro benzene ring substituents is 1. The lowest BCUT2D eigenvalue weighted by Gasteiger charge is -2.21. The number of thiophene rings is 1. The van der Waals surface area contributed by atoms with Gasteiger partial charge < -0.3 is 5.73 Å². The summed E-state index contributed by atoms with van der Waals surface area (Å²) in [6, 6.07) is 7.80. The van der Waals surface area contributed by atoms with Crippen molar-refractivity contribution < 1.29 is 4.92 Å². The van der Waals surface area contributed by atoms with Gasteiger partial charge in [0.25, 0.3) is 5.69 Å². The first kappa shape index (κ1) is 14.0. The predicted octanol–water partition coefficient (Wildman–Crippen LogP) is 3.40. The van der Waals surface area contributed by atoms with Crippen molar-refractivity contribution in [3.8, 4) is 0 Å². The van der Waals surface area contributed by atoms with E-state index in [1.807, 2.05) is 0 Å². The molecular formula is C15H17N3O2S. The molecule has 21 heavy (non-hydrogen) atoms. The fourth-order valence-electron chi connectivity index (χ4n) is 2.47. The van der Waals surface area contributed by atoms with Crippen LogP contribution < -0.4 is 5.73 Å². The number of nitro groups is 1. The van der Waals surface area contributed by atoms with E-state index < -0.39 is 4.92 Å². The van der Waals surface area contributed by atoms with Gasteiger partial charge >= 0.3 is 0 Å². The van der Waals surface area contributed by atoms with Gasteiger partial charge in [0.1, 0.15) is 5.69 Å². The highest BCUT2D eigenvalue weighted by Crippen LogP contribution is 2.31. The second kappa shape index (κ2) is 5.83. The van der Waals surface area contributed by atoms with E-state index in [0.717, 1.165) is 18.7 Å². The predicted molar refractivity (Wildman–Crippen MR) is 84.1 cm³/mol. The van der Waals surface area contributed by atoms with Gasteiger partial charge in [-0.05, 0) is 46.9 Å². The van der Waals surface area contributed by atoms with Gasteiger partial charge in [0.15, 0.2) is 0 Å². The molecule has 110 valence electrons. The summed E-state index contributed by atoms with van der Waals surface area (Å²) in [7, 11) is 0. The number of anilines is 1. The van der Waals surface area contributed by atoms with E-state index in [-0.39, 0.29) is 11.4 Å². The maximum Gasteiger partial charge on any atom is 0.292 e. The molecule has 2 aromatic rings. The molecule has 0 saturated heterocycles. The van der Waals surface area contributed by atoms with Gasteiger partial charge in [-0.15, -0.1) is 0 Å². The van der Waals surface area contributed by atoms with Crippen LogP contribution in [0.2, 0.25) is 0 Å². The van der Waals surface area contributed by atoms with E-state index in [2.05, 4.69) is 21.7 Å². The smallest absolute Gasteiger partial charge is 0.292 e. The number of nitrogen functional groups attached to an aromatic ring is 1. The zero-order valence-corrected chi connectivity index (χ0v) is 12.4. The third-order valence-corrected chi connectivity index (χ3v) is 4.44. The van der Waals surface area contributed by atoms with Crippen molar-refractivity contribution in [1.82, 2.24) is 4.90 Å². The van der Waals surface area contributed by atoms with Gasteiger partial charge in [0.05, 0.1) is 4.92 Å². The lowest BCUT2D eigenvalue weighted by molar-refractivity contribution is -0.383. The minimum atomic E-state index is -0.441. The van der Waals surface area contributed by atoms with Crippen molar-refractivity contribution in [2.45, 2.75) is 32.0 Å². The van der Waals surface area contributed by atoms with Gasteiger partial charge in [0.2, 0.25) is 0 Å². The van der Waals surface area contributed by atoms with Crippen LogP contribution >= 0.6 is 11.3 Å². The lowest BCUT2D eigenvalue weighted by atomic mass is 10.1. The molecule has 0 radical (unpaired) electrons. The molecule has 1 aromatic heterocycles. The summed E-state index contributed by atoms with van der Waals surface area (Å²) >= 11 is 1.71. The average Bonchev–Trinajstić information content (AvgIpc) is 3.16. The highest BCUT2D eigenvalue weighted by atomic mass is 32.1. The van der Waals surface area contributed by atoms with Crippen LogP contribution in [0.25, 0.3) is 0 Å². The van der Waals surface area contributed by atoms with Crippen molar-refractivity contribution in [1.29, 1.82) is 0 Å². The summed E-state index contributed by atoms with van der Waals surface area (Å²) in [6.07, 6.45) is 2.46. The zero-order chi connectivity index (χ0) is 14.8. The average molecular weight is 303 g/mol. The molecule has 1 heterocycles. The van der Waals surface area contributed by atoms with Crippen LogP contribution in [-0.4, -0.2) is 15.9 Å². The molecule has 0 aliphatic heterocycles. The Labute approximate surface area is 127 Å². The normalized spacial score (nSPS) is 14.5. The molecule has 5 nitrogen and oxygen atoms in total. The summed E-state index contributed by atoms with van der Waals surface area (Å²) in [5.41, 5.74) is 8.34. The SMILES string of the molecule is Nc1cc(CN(Cc2ccsc2)C2CC2)ccc1[N+](=O)[O-]. The number of benzene rings is 1. The monoisotopic (exact) mass is 303 g/mol. The molecule has 1 fully saturated rings. The van der Waals surface area contributed by atoms with Crippen LogP contribution in [0, 0.1) is 10.1 Å². The Bertz CT molecular complexity index is 638. The first-order valence-electron chi connectivity index (χ1n) is 6.91. The van der Waals surface area contributed by atoms with Gasteiger partial charge in [-0.1, -0.05) is 6.07 Å². The number of nitrogens with two attached hydrogens (primary N) is 1. The summed E-state index contributed by atoms with van der Waals surface area (Å²) in [5, 5.41) is 15.1. The molecule has 0 atom stereocenters. The van der Waals surface area contributed by atoms with Crippen LogP contribution in [0.4, 0.5) is 11.4 Å². The second-order valence-electron chi connectivity index (χ2n) is 5.42. The number of nitrogens with zero attached hydrogens (tertiary/aromatic N) is 2. The number of hydrogen-bond donors (Lipinski definition) is 1. The van der Waals surface area contributed by atoms with E-state index in [9.17, 15) is 10.1 Å². The standard InChI is InChI=1S/C15H17N3O2S/c16-14-7-11(1-4-15(14)18(19)20)8-17(13-2-3-13)9-12-5-6-21-10-12/h1,4-7,10,13H,2-3,8-9,16H2. The van der Waals surface area contributed by atoms with Crippen molar-refractivity contribution in [2.24, 2.45) is 0 Å². The summed E-state index contributed by atoms with van der Waals surface area (Å²) < 4.78 is 0. The van der Waals surface area contributed by atoms with Gasteiger partial charge in [0, 0.05) is 25.2 Å². The van der Waals surface area contributed by atoms with Crippen molar-refractivity contribution in [2.75, 3.05) is 5.73 Å². The van der Waals surface area contributed by atoms with E-state index in [1.54, 1.807) is 23.5 Å². The van der Waals surface area contributed by atoms with Crippen molar-refractivity contribution in [3.63, 3.8) is 0 Å². The topological polar surface area (TPSA) is 72.4 Å². The third kappa shape index (κ3) is 3.40. The quantitative estimate of drug-likeness (QED) is 0.504. The van der Waals surface area contributed by atoms with Crippen molar-refractivity contribution in [3.05, 3.63) is 56.3 Å². The maximum atomic E-state index is 10.8. The first-order valence-corrected chi connectivity index (χ1v) is 7.85. The van der Waals surface area contributed by atoms with Gasteiger partial charge in [-0.25, -0.2) is 0 Å². The minimum absolute atomic E-state index is 0.0189. The van der Waals surface area contributed by atoms with E-state index in [4.69, 9.17) is 5.73 Å². The molecule has 0 unspecified atom stereocenters. The van der Waals surface area contributed by atoms with E-state index >= 15 is 0 Å². The molecule has 1 aliphatic carbocycles. The summed E-state index contributed by atoms with van der Waals surface area (Å²) in [5.74, 6) is 0. The fraction of sp³-hybridized carbons (Fsp3) is 0.333. The molecule has 1 saturated carbocycles. The lowest BCUT2D eigenvalue weighted by Crippen LogP contribution is -2.24. The Morgan fingerprint density at radius 1 is 1.29 bits per heavy atom. The highest BCUT2D eigenvalue weighted by Gasteiger charge is 2.29. The van der Waals surface area contributed by atoms with Crippen LogP contribution in [-0.2, 0) is 13.1 Å². The Kier molecular flexibility index (Phi) is 3.90. The maximum absolute atomic E-state index is 10.8. The number of rotatable bonds is 6. The Balaban J connectivity index is 1.73. The molecule has 2 N–H and O–H groups in total. The van der Waals surface area contributed by atoms with Gasteiger partial charge in [-0.2, -0.15) is 11.3 Å². The molecule has 6 heteroatoms. The van der Waals surface area contributed by atoms with Crippen LogP contribution in [0.5, 0.6) is 0 Å². The van der Waals surface area contributed by atoms with Crippen LogP contribution in [0.1, 0.15) is 24.0 Å². The van der Waals surface area contributed by atoms with Gasteiger partial charge in [-0.3, -0.25) is 15.0 Å². The van der Waals surface area contributed by atoms with Crippen LogP contribution in [0.15, 0.2) is 35.0 Å². The summed E-state index contributed by atoms with van der Waals surface area (Å²) in [6.45, 7) is 1.70. The van der Waals surface area contributed by atoms with Crippen molar-refractivity contribution >= 4 is 22.7 Å². The second-order valence-corrected chi connectivity index (χ2v) is 6.20. The first-order chi connectivity index (χ1) is 10.1. The highest BCUT2D eigenvalue weighted by molar-refractivity contribution is 7.07. The molecule has 1 aliphatic rings. The minimum Gasteiger partial charge on any atom is -0.393 e. The van der Waals surface area contributed by atoms with E-state index in [0.29, 0.717) is 6.04 Å². The fourth-order valence-corrected chi connectivity index (χ4v) is 3.13. The van der Waals surface area contributed by atoms with Crippen LogP contribution in [0.3, 0.4) is 0 Å². The summed E-state index contributed by atoms with van der Waals surface area (Å²) in [4.78, 5) is 12.8. The molecule has 3 rings (SSSR count). The van der Waals surface area contributed by atoms with E-state index in [1.165, 1.54) is 24.5 Å². The zero-order valence-electron chi connectivity index (χ0n) is 11.6.